The lowest BCUT2D eigenvalue weighted by atomic mass is 9.73. The number of amides is 1. The molecule has 2 aliphatic rings. The lowest BCUT2D eigenvalue weighted by Crippen LogP contribution is -2.41. The van der Waals surface area contributed by atoms with E-state index in [1.807, 2.05) is 0 Å². The molecule has 0 radical (unpaired) electrons. The normalized spacial score (nSPS) is 27.8. The Hall–Kier alpha value is -0.790. The highest BCUT2D eigenvalue weighted by Gasteiger charge is 2.40. The maximum Gasteiger partial charge on any atom is 0.230 e. The molecule has 2 atom stereocenters. The molecule has 1 heterocycles. The number of rotatable bonds is 7. The largest absolute Gasteiger partial charge is 0.329 e. The summed E-state index contributed by atoms with van der Waals surface area (Å²) in [5, 5.41) is 3.46. The van der Waals surface area contributed by atoms with E-state index in [1.54, 1.807) is 0 Å². The van der Waals surface area contributed by atoms with Crippen LogP contribution in [0.3, 0.4) is 0 Å². The van der Waals surface area contributed by atoms with Crippen LogP contribution in [0.1, 0.15) is 105 Å². The summed E-state index contributed by atoms with van der Waals surface area (Å²) >= 11 is 0. The highest BCUT2D eigenvalue weighted by atomic mass is 16.2. The van der Waals surface area contributed by atoms with Crippen molar-refractivity contribution < 1.29 is 4.79 Å². The topological polar surface area (TPSA) is 29.1 Å². The molecule has 1 amide bonds. The third-order valence-corrected chi connectivity index (χ3v) is 6.72. The second-order valence-corrected chi connectivity index (χ2v) is 8.57. The summed E-state index contributed by atoms with van der Waals surface area (Å²) in [7, 11) is 0. The second kappa shape index (κ2) is 9.06. The van der Waals surface area contributed by atoms with Crippen molar-refractivity contribution in [2.45, 2.75) is 105 Å². The van der Waals surface area contributed by atoms with Crippen molar-refractivity contribution >= 4 is 5.91 Å². The zero-order chi connectivity index (χ0) is 17.6. The van der Waals surface area contributed by atoms with Crippen LogP contribution in [0.4, 0.5) is 0 Å². The van der Waals surface area contributed by atoms with Gasteiger partial charge in [-0.1, -0.05) is 58.4 Å². The molecule has 2 unspecified atom stereocenters. The van der Waals surface area contributed by atoms with Crippen LogP contribution in [0.5, 0.6) is 0 Å². The number of nitrogens with one attached hydrogen (secondary N) is 1. The summed E-state index contributed by atoms with van der Waals surface area (Å²) < 4.78 is 0. The number of hydrogen-bond acceptors (Lipinski definition) is 1. The summed E-state index contributed by atoms with van der Waals surface area (Å²) in [6.07, 6.45) is 14.3. The Balaban J connectivity index is 2.14. The fourth-order valence-corrected chi connectivity index (χ4v) is 4.69. The molecule has 1 N–H and O–H groups in total. The van der Waals surface area contributed by atoms with E-state index in [9.17, 15) is 4.79 Å². The highest BCUT2D eigenvalue weighted by Crippen LogP contribution is 2.42. The predicted molar refractivity (Wildman–Crippen MR) is 103 cm³/mol. The van der Waals surface area contributed by atoms with E-state index in [0.29, 0.717) is 11.8 Å². The fraction of sp³-hybridized carbons (Fsp3) is 0.864. The fourth-order valence-electron chi connectivity index (χ4n) is 4.69. The van der Waals surface area contributed by atoms with Crippen LogP contribution in [0.15, 0.2) is 11.3 Å². The predicted octanol–water partition coefficient (Wildman–Crippen LogP) is 6.36. The van der Waals surface area contributed by atoms with E-state index < -0.39 is 0 Å². The molecule has 0 saturated heterocycles. The average molecular weight is 334 g/mol. The maximum absolute atomic E-state index is 13.3. The summed E-state index contributed by atoms with van der Waals surface area (Å²) in [6.45, 7) is 9.08. The average Bonchev–Trinajstić information content (AvgIpc) is 2.72. The Kier molecular flexibility index (Phi) is 7.37. The lowest BCUT2D eigenvalue weighted by Gasteiger charge is -2.33. The molecule has 1 aliphatic heterocycles. The SMILES string of the molecule is CCCC1(CCC(C)CC)CCC(C)=C(C2CCCCC2)NC1=O. The highest BCUT2D eigenvalue weighted by molar-refractivity contribution is 5.84. The maximum atomic E-state index is 13.3. The standard InChI is InChI=1S/C22H39NO/c1-5-14-22(15-12-17(3)6-2)16-13-18(4)20(23-21(22)24)19-10-8-7-9-11-19/h17,19H,5-16H2,1-4H3,(H,23,24). The molecular weight excluding hydrogens is 294 g/mol. The van der Waals surface area contributed by atoms with Crippen molar-refractivity contribution in [1.82, 2.24) is 5.32 Å². The minimum absolute atomic E-state index is 0.129. The smallest absolute Gasteiger partial charge is 0.230 e. The van der Waals surface area contributed by atoms with Gasteiger partial charge in [0, 0.05) is 11.1 Å². The van der Waals surface area contributed by atoms with Gasteiger partial charge in [-0.2, -0.15) is 0 Å². The molecule has 2 rings (SSSR count). The van der Waals surface area contributed by atoms with Gasteiger partial charge in [-0.25, -0.2) is 0 Å². The number of carbonyl (C=O) groups excluding carboxylic acids is 1. The van der Waals surface area contributed by atoms with Crippen molar-refractivity contribution in [2.75, 3.05) is 0 Å². The molecule has 0 aromatic carbocycles. The van der Waals surface area contributed by atoms with Gasteiger partial charge in [-0.3, -0.25) is 4.79 Å². The molecule has 138 valence electrons. The van der Waals surface area contributed by atoms with Crippen molar-refractivity contribution in [3.05, 3.63) is 11.3 Å². The van der Waals surface area contributed by atoms with Crippen molar-refractivity contribution in [3.63, 3.8) is 0 Å². The summed E-state index contributed by atoms with van der Waals surface area (Å²) in [6, 6.07) is 0. The van der Waals surface area contributed by atoms with Crippen molar-refractivity contribution in [3.8, 4) is 0 Å². The third-order valence-electron chi connectivity index (χ3n) is 6.72. The Morgan fingerprint density at radius 1 is 1.17 bits per heavy atom. The van der Waals surface area contributed by atoms with E-state index in [-0.39, 0.29) is 5.41 Å². The zero-order valence-electron chi connectivity index (χ0n) is 16.5. The van der Waals surface area contributed by atoms with Crippen LogP contribution in [0.25, 0.3) is 0 Å². The van der Waals surface area contributed by atoms with E-state index in [0.717, 1.165) is 38.0 Å². The summed E-state index contributed by atoms with van der Waals surface area (Å²) in [5.41, 5.74) is 2.63. The van der Waals surface area contributed by atoms with Crippen LogP contribution < -0.4 is 5.32 Å². The monoisotopic (exact) mass is 333 g/mol. The number of hydrogen-bond donors (Lipinski definition) is 1. The van der Waals surface area contributed by atoms with Gasteiger partial charge in [0.1, 0.15) is 0 Å². The lowest BCUT2D eigenvalue weighted by molar-refractivity contribution is -0.131. The quantitative estimate of drug-likeness (QED) is 0.576. The van der Waals surface area contributed by atoms with Crippen molar-refractivity contribution in [2.24, 2.45) is 17.3 Å². The van der Waals surface area contributed by atoms with Gasteiger partial charge >= 0.3 is 0 Å². The van der Waals surface area contributed by atoms with Gasteiger partial charge in [-0.05, 0) is 63.7 Å². The minimum atomic E-state index is -0.129. The number of carbonyl (C=O) groups is 1. The molecule has 1 aliphatic carbocycles. The Morgan fingerprint density at radius 3 is 2.50 bits per heavy atom. The Bertz CT molecular complexity index is 447. The van der Waals surface area contributed by atoms with E-state index in [2.05, 4.69) is 33.0 Å². The molecule has 0 aromatic heterocycles. The summed E-state index contributed by atoms with van der Waals surface area (Å²) in [5.74, 6) is 1.67. The molecule has 2 heteroatoms. The molecule has 0 bridgehead atoms. The molecule has 0 spiro atoms. The second-order valence-electron chi connectivity index (χ2n) is 8.57. The zero-order valence-corrected chi connectivity index (χ0v) is 16.5. The van der Waals surface area contributed by atoms with E-state index in [4.69, 9.17) is 0 Å². The molecule has 2 nitrogen and oxygen atoms in total. The van der Waals surface area contributed by atoms with Gasteiger partial charge in [0.25, 0.3) is 0 Å². The summed E-state index contributed by atoms with van der Waals surface area (Å²) in [4.78, 5) is 13.3. The van der Waals surface area contributed by atoms with Crippen molar-refractivity contribution in [1.29, 1.82) is 0 Å². The molecule has 1 fully saturated rings. The van der Waals surface area contributed by atoms with Crippen LogP contribution in [-0.4, -0.2) is 5.91 Å². The van der Waals surface area contributed by atoms with Crippen LogP contribution in [-0.2, 0) is 4.79 Å². The first-order valence-electron chi connectivity index (χ1n) is 10.5. The molecule has 1 saturated carbocycles. The van der Waals surface area contributed by atoms with Gasteiger partial charge < -0.3 is 5.32 Å². The van der Waals surface area contributed by atoms with Gasteiger partial charge in [-0.15, -0.1) is 0 Å². The number of allylic oxidation sites excluding steroid dienone is 2. The molecule has 24 heavy (non-hydrogen) atoms. The van der Waals surface area contributed by atoms with E-state index >= 15 is 0 Å². The molecule has 0 aromatic rings. The first-order chi connectivity index (χ1) is 11.5. The first-order valence-corrected chi connectivity index (χ1v) is 10.5. The van der Waals surface area contributed by atoms with Gasteiger partial charge in [0.15, 0.2) is 0 Å². The van der Waals surface area contributed by atoms with Crippen LogP contribution in [0.2, 0.25) is 0 Å². The van der Waals surface area contributed by atoms with E-state index in [1.165, 1.54) is 56.2 Å². The van der Waals surface area contributed by atoms with Gasteiger partial charge in [0.05, 0.1) is 0 Å². The first kappa shape index (κ1) is 19.5. The minimum Gasteiger partial charge on any atom is -0.329 e. The molecular formula is C22H39NO. The van der Waals surface area contributed by atoms with Gasteiger partial charge in [0.2, 0.25) is 5.91 Å². The third kappa shape index (κ3) is 4.64. The van der Waals surface area contributed by atoms with Crippen LogP contribution in [0, 0.1) is 17.3 Å². The Labute approximate surface area is 149 Å². The Morgan fingerprint density at radius 2 is 1.88 bits per heavy atom. The van der Waals surface area contributed by atoms with Crippen LogP contribution >= 0.6 is 0 Å².